The van der Waals surface area contributed by atoms with Crippen LogP contribution in [-0.2, 0) is 0 Å². The molecule has 0 aliphatic rings. The second kappa shape index (κ2) is 4.72. The molecule has 1 aromatic heterocycles. The Balaban J connectivity index is 2.00. The van der Waals surface area contributed by atoms with E-state index in [2.05, 4.69) is 89.9 Å². The Kier molecular flexibility index (Phi) is 2.56. The highest BCUT2D eigenvalue weighted by atomic mass is 14.7. The Morgan fingerprint density at radius 3 is 2.30 bits per heavy atom. The molecule has 23 heavy (non-hydrogen) atoms. The van der Waals surface area contributed by atoms with Crippen LogP contribution in [0, 0.1) is 0 Å². The van der Waals surface area contributed by atoms with Crippen LogP contribution in [0.3, 0.4) is 0 Å². The van der Waals surface area contributed by atoms with Crippen molar-refractivity contribution in [1.29, 1.82) is 0 Å². The lowest BCUT2D eigenvalue weighted by Crippen LogP contribution is -1.83. The molecular formula is C22H15N. The second-order valence-electron chi connectivity index (χ2n) is 5.93. The predicted molar refractivity (Wildman–Crippen MR) is 98.7 cm³/mol. The van der Waals surface area contributed by atoms with Crippen LogP contribution >= 0.6 is 0 Å². The van der Waals surface area contributed by atoms with Crippen molar-refractivity contribution < 1.29 is 0 Å². The topological polar surface area (TPSA) is 15.8 Å². The molecule has 0 aliphatic carbocycles. The van der Waals surface area contributed by atoms with Gasteiger partial charge in [-0.25, -0.2) is 0 Å². The highest BCUT2D eigenvalue weighted by molar-refractivity contribution is 6.20. The fourth-order valence-electron chi connectivity index (χ4n) is 3.55. The summed E-state index contributed by atoms with van der Waals surface area (Å²) >= 11 is 0. The molecule has 0 amide bonds. The van der Waals surface area contributed by atoms with Crippen molar-refractivity contribution in [3.05, 3.63) is 84.9 Å². The number of nitrogens with one attached hydrogen (secondary N) is 1. The van der Waals surface area contributed by atoms with Crippen molar-refractivity contribution in [3.63, 3.8) is 0 Å². The van der Waals surface area contributed by atoms with Gasteiger partial charge >= 0.3 is 0 Å². The Hall–Kier alpha value is -3.06. The maximum Gasteiger partial charge on any atom is 0.0550 e. The van der Waals surface area contributed by atoms with E-state index in [9.17, 15) is 0 Å². The number of hydrogen-bond donors (Lipinski definition) is 1. The first-order valence-electron chi connectivity index (χ1n) is 7.89. The number of fused-ring (bicyclic) bond motifs is 5. The minimum atomic E-state index is 1.19. The zero-order chi connectivity index (χ0) is 15.2. The summed E-state index contributed by atoms with van der Waals surface area (Å²) in [6.45, 7) is 0. The minimum absolute atomic E-state index is 1.19. The molecule has 1 N–H and O–H groups in total. The van der Waals surface area contributed by atoms with Crippen LogP contribution in [0.5, 0.6) is 0 Å². The minimum Gasteiger partial charge on any atom is -0.354 e. The number of benzene rings is 4. The maximum atomic E-state index is 3.63. The van der Waals surface area contributed by atoms with Crippen LogP contribution in [-0.4, -0.2) is 4.98 Å². The van der Waals surface area contributed by atoms with Gasteiger partial charge in [0.1, 0.15) is 0 Å². The van der Waals surface area contributed by atoms with E-state index in [1.165, 1.54) is 43.7 Å². The van der Waals surface area contributed by atoms with E-state index in [-0.39, 0.29) is 0 Å². The Labute approximate surface area is 134 Å². The van der Waals surface area contributed by atoms with Crippen molar-refractivity contribution in [2.24, 2.45) is 0 Å². The summed E-state index contributed by atoms with van der Waals surface area (Å²) in [5.74, 6) is 0. The van der Waals surface area contributed by atoms with Gasteiger partial charge in [0.25, 0.3) is 0 Å². The SMILES string of the molecule is c1ccc(-c2cccc3ccc4c5ccccc5[nH]c4c23)cc1. The molecule has 0 spiro atoms. The molecule has 108 valence electrons. The summed E-state index contributed by atoms with van der Waals surface area (Å²) in [5, 5.41) is 5.14. The lowest BCUT2D eigenvalue weighted by atomic mass is 9.96. The van der Waals surface area contributed by atoms with Gasteiger partial charge in [-0.2, -0.15) is 0 Å². The van der Waals surface area contributed by atoms with Gasteiger partial charge in [0.15, 0.2) is 0 Å². The normalized spacial score (nSPS) is 11.5. The number of hydrogen-bond acceptors (Lipinski definition) is 0. The maximum absolute atomic E-state index is 3.63. The third-order valence-corrected chi connectivity index (χ3v) is 4.61. The van der Waals surface area contributed by atoms with Crippen LogP contribution in [0.2, 0.25) is 0 Å². The van der Waals surface area contributed by atoms with Gasteiger partial charge in [0.05, 0.1) is 5.52 Å². The third kappa shape index (κ3) is 1.80. The standard InChI is InChI=1S/C22H15N/c1-2-7-15(8-3-1)17-11-6-9-16-13-14-19-18-10-4-5-12-20(18)23-22(19)21(16)17/h1-14,23H. The highest BCUT2D eigenvalue weighted by Gasteiger charge is 2.11. The quantitative estimate of drug-likeness (QED) is 0.382. The van der Waals surface area contributed by atoms with Crippen molar-refractivity contribution in [2.45, 2.75) is 0 Å². The molecule has 0 unspecified atom stereocenters. The van der Waals surface area contributed by atoms with E-state index in [4.69, 9.17) is 0 Å². The molecular weight excluding hydrogens is 278 g/mol. The first kappa shape index (κ1) is 12.5. The first-order chi connectivity index (χ1) is 11.4. The third-order valence-electron chi connectivity index (χ3n) is 4.61. The Morgan fingerprint density at radius 2 is 1.39 bits per heavy atom. The zero-order valence-corrected chi connectivity index (χ0v) is 12.6. The van der Waals surface area contributed by atoms with Gasteiger partial charge in [-0.1, -0.05) is 78.9 Å². The molecule has 5 aromatic rings. The molecule has 0 bridgehead atoms. The Bertz CT molecular complexity index is 1150. The summed E-state index contributed by atoms with van der Waals surface area (Å²) in [6, 6.07) is 30.1. The van der Waals surface area contributed by atoms with Crippen LogP contribution in [0.15, 0.2) is 84.9 Å². The van der Waals surface area contributed by atoms with E-state index in [0.717, 1.165) is 0 Å². The average molecular weight is 293 g/mol. The summed E-state index contributed by atoms with van der Waals surface area (Å²) in [5.41, 5.74) is 4.95. The van der Waals surface area contributed by atoms with Crippen molar-refractivity contribution in [1.82, 2.24) is 4.98 Å². The van der Waals surface area contributed by atoms with Gasteiger partial charge in [-0.15, -0.1) is 0 Å². The molecule has 1 heteroatoms. The van der Waals surface area contributed by atoms with Gasteiger partial charge < -0.3 is 4.98 Å². The van der Waals surface area contributed by atoms with Gasteiger partial charge in [0.2, 0.25) is 0 Å². The molecule has 0 fully saturated rings. The summed E-state index contributed by atoms with van der Waals surface area (Å²) in [6.07, 6.45) is 0. The molecule has 5 rings (SSSR count). The van der Waals surface area contributed by atoms with Gasteiger partial charge in [-0.05, 0) is 22.6 Å². The molecule has 1 nitrogen and oxygen atoms in total. The van der Waals surface area contributed by atoms with E-state index < -0.39 is 0 Å². The van der Waals surface area contributed by atoms with Crippen LogP contribution in [0.1, 0.15) is 0 Å². The summed E-state index contributed by atoms with van der Waals surface area (Å²) in [7, 11) is 0. The fourth-order valence-corrected chi connectivity index (χ4v) is 3.55. The summed E-state index contributed by atoms with van der Waals surface area (Å²) in [4.78, 5) is 3.63. The first-order valence-corrected chi connectivity index (χ1v) is 7.89. The fraction of sp³-hybridized carbons (Fsp3) is 0. The van der Waals surface area contributed by atoms with Crippen molar-refractivity contribution >= 4 is 32.6 Å². The largest absolute Gasteiger partial charge is 0.354 e. The van der Waals surface area contributed by atoms with Crippen LogP contribution in [0.4, 0.5) is 0 Å². The molecule has 0 aliphatic heterocycles. The highest BCUT2D eigenvalue weighted by Crippen LogP contribution is 2.36. The molecule has 0 saturated carbocycles. The van der Waals surface area contributed by atoms with Gasteiger partial charge in [0, 0.05) is 21.7 Å². The van der Waals surface area contributed by atoms with E-state index in [1.807, 2.05) is 0 Å². The molecule has 4 aromatic carbocycles. The lowest BCUT2D eigenvalue weighted by Gasteiger charge is -2.08. The molecule has 1 heterocycles. The number of para-hydroxylation sites is 1. The number of aromatic amines is 1. The number of aromatic nitrogens is 1. The van der Waals surface area contributed by atoms with E-state index >= 15 is 0 Å². The summed E-state index contributed by atoms with van der Waals surface area (Å²) < 4.78 is 0. The average Bonchev–Trinajstić information content (AvgIpc) is 3.01. The van der Waals surface area contributed by atoms with Crippen molar-refractivity contribution in [3.8, 4) is 11.1 Å². The smallest absolute Gasteiger partial charge is 0.0550 e. The Morgan fingerprint density at radius 1 is 0.565 bits per heavy atom. The molecule has 0 radical (unpaired) electrons. The lowest BCUT2D eigenvalue weighted by molar-refractivity contribution is 1.56. The molecule has 0 saturated heterocycles. The second-order valence-corrected chi connectivity index (χ2v) is 5.93. The van der Waals surface area contributed by atoms with E-state index in [0.29, 0.717) is 0 Å². The van der Waals surface area contributed by atoms with Crippen LogP contribution < -0.4 is 0 Å². The number of rotatable bonds is 1. The van der Waals surface area contributed by atoms with Gasteiger partial charge in [-0.3, -0.25) is 0 Å². The van der Waals surface area contributed by atoms with Crippen LogP contribution in [0.25, 0.3) is 43.7 Å². The zero-order valence-electron chi connectivity index (χ0n) is 12.6. The predicted octanol–water partition coefficient (Wildman–Crippen LogP) is 6.14. The van der Waals surface area contributed by atoms with Crippen molar-refractivity contribution in [2.75, 3.05) is 0 Å². The van der Waals surface area contributed by atoms with E-state index in [1.54, 1.807) is 0 Å². The monoisotopic (exact) mass is 293 g/mol. The number of H-pyrrole nitrogens is 1. The molecule has 0 atom stereocenters.